The Bertz CT molecular complexity index is 493. The van der Waals surface area contributed by atoms with Gasteiger partial charge in [0, 0.05) is 19.1 Å². The van der Waals surface area contributed by atoms with Crippen LogP contribution in [0.3, 0.4) is 0 Å². The summed E-state index contributed by atoms with van der Waals surface area (Å²) in [5, 5.41) is 7.48. The average molecular weight is 319 g/mol. The fourth-order valence-electron chi connectivity index (χ4n) is 3.96. The minimum atomic E-state index is 0.0998. The lowest BCUT2D eigenvalue weighted by molar-refractivity contribution is 0.153. The SMILES string of the molecule is CC(C)C1CCC(NC(=O)N2CCC[C@H](n3cncn3)C2)CC1. The van der Waals surface area contributed by atoms with Crippen LogP contribution in [0.25, 0.3) is 0 Å². The first-order chi connectivity index (χ1) is 11.1. The van der Waals surface area contributed by atoms with Crippen LogP contribution in [-0.4, -0.2) is 44.8 Å². The third kappa shape index (κ3) is 4.03. The molecule has 2 amide bonds. The molecule has 2 heterocycles. The Labute approximate surface area is 138 Å². The molecule has 0 unspecified atom stereocenters. The molecule has 0 aromatic carbocycles. The van der Waals surface area contributed by atoms with Crippen molar-refractivity contribution >= 4 is 6.03 Å². The van der Waals surface area contributed by atoms with E-state index in [4.69, 9.17) is 0 Å². The Morgan fingerprint density at radius 2 is 2.00 bits per heavy atom. The molecule has 23 heavy (non-hydrogen) atoms. The zero-order chi connectivity index (χ0) is 16.2. The molecular formula is C17H29N5O. The van der Waals surface area contributed by atoms with E-state index < -0.39 is 0 Å². The highest BCUT2D eigenvalue weighted by atomic mass is 16.2. The van der Waals surface area contributed by atoms with E-state index in [1.165, 1.54) is 12.8 Å². The minimum absolute atomic E-state index is 0.0998. The summed E-state index contributed by atoms with van der Waals surface area (Å²) in [6.07, 6.45) is 10.1. The van der Waals surface area contributed by atoms with Crippen LogP contribution in [0.1, 0.15) is 58.4 Å². The van der Waals surface area contributed by atoms with Crippen molar-refractivity contribution in [2.24, 2.45) is 11.8 Å². The molecule has 2 fully saturated rings. The van der Waals surface area contributed by atoms with Crippen molar-refractivity contribution in [3.63, 3.8) is 0 Å². The summed E-state index contributed by atoms with van der Waals surface area (Å²) < 4.78 is 1.88. The van der Waals surface area contributed by atoms with Gasteiger partial charge in [-0.1, -0.05) is 13.8 Å². The Kier molecular flexibility index (Phi) is 5.18. The van der Waals surface area contributed by atoms with E-state index in [0.717, 1.165) is 50.6 Å². The highest BCUT2D eigenvalue weighted by Gasteiger charge is 2.28. The second-order valence-corrected chi connectivity index (χ2v) is 7.42. The summed E-state index contributed by atoms with van der Waals surface area (Å²) >= 11 is 0. The third-order valence-corrected chi connectivity index (χ3v) is 5.54. The zero-order valence-electron chi connectivity index (χ0n) is 14.3. The molecule has 1 aromatic heterocycles. The molecule has 2 aliphatic rings. The maximum absolute atomic E-state index is 12.6. The van der Waals surface area contributed by atoms with Gasteiger partial charge < -0.3 is 10.2 Å². The highest BCUT2D eigenvalue weighted by Crippen LogP contribution is 2.30. The normalized spacial score (nSPS) is 28.8. The lowest BCUT2D eigenvalue weighted by Crippen LogP contribution is -2.49. The van der Waals surface area contributed by atoms with E-state index in [2.05, 4.69) is 29.2 Å². The van der Waals surface area contributed by atoms with Gasteiger partial charge in [0.1, 0.15) is 12.7 Å². The number of carbonyl (C=O) groups excluding carboxylic acids is 1. The molecular weight excluding hydrogens is 290 g/mol. The molecule has 0 spiro atoms. The van der Waals surface area contributed by atoms with Crippen molar-refractivity contribution in [3.8, 4) is 0 Å². The first-order valence-corrected chi connectivity index (χ1v) is 9.03. The number of nitrogens with zero attached hydrogens (tertiary/aromatic N) is 4. The first-order valence-electron chi connectivity index (χ1n) is 9.03. The Balaban J connectivity index is 1.48. The van der Waals surface area contributed by atoms with Crippen molar-refractivity contribution < 1.29 is 4.79 Å². The average Bonchev–Trinajstić information content (AvgIpc) is 3.10. The number of amides is 2. The number of carbonyl (C=O) groups is 1. The van der Waals surface area contributed by atoms with Gasteiger partial charge in [0.15, 0.2) is 0 Å². The van der Waals surface area contributed by atoms with Gasteiger partial charge in [-0.15, -0.1) is 0 Å². The molecule has 6 nitrogen and oxygen atoms in total. The molecule has 0 radical (unpaired) electrons. The summed E-state index contributed by atoms with van der Waals surface area (Å²) in [4.78, 5) is 18.5. The lowest BCUT2D eigenvalue weighted by Gasteiger charge is -2.36. The Morgan fingerprint density at radius 3 is 2.65 bits per heavy atom. The molecule has 3 rings (SSSR count). The zero-order valence-corrected chi connectivity index (χ0v) is 14.3. The number of piperidine rings is 1. The summed E-state index contributed by atoms with van der Waals surface area (Å²) in [7, 11) is 0. The quantitative estimate of drug-likeness (QED) is 0.932. The summed E-state index contributed by atoms with van der Waals surface area (Å²) in [5.41, 5.74) is 0. The number of nitrogens with one attached hydrogen (secondary N) is 1. The molecule has 1 saturated heterocycles. The van der Waals surface area contributed by atoms with Crippen molar-refractivity contribution in [1.82, 2.24) is 25.0 Å². The number of hydrogen-bond donors (Lipinski definition) is 1. The number of aromatic nitrogens is 3. The van der Waals surface area contributed by atoms with E-state index in [1.54, 1.807) is 12.7 Å². The van der Waals surface area contributed by atoms with Gasteiger partial charge in [-0.05, 0) is 50.4 Å². The molecule has 1 N–H and O–H groups in total. The third-order valence-electron chi connectivity index (χ3n) is 5.54. The summed E-state index contributed by atoms with van der Waals surface area (Å²) in [5.74, 6) is 1.59. The summed E-state index contributed by atoms with van der Waals surface area (Å²) in [6.45, 7) is 6.19. The Hall–Kier alpha value is -1.59. The predicted molar refractivity (Wildman–Crippen MR) is 89.0 cm³/mol. The standard InChI is InChI=1S/C17H29N5O/c1-13(2)14-5-7-15(8-6-14)20-17(23)21-9-3-4-16(10-21)22-12-18-11-19-22/h11-16H,3-10H2,1-2H3,(H,20,23)/t14?,15?,16-/m0/s1. The monoisotopic (exact) mass is 319 g/mol. The van der Waals surface area contributed by atoms with Gasteiger partial charge in [0.2, 0.25) is 0 Å². The van der Waals surface area contributed by atoms with Crippen LogP contribution in [0.5, 0.6) is 0 Å². The van der Waals surface area contributed by atoms with Crippen LogP contribution in [0.4, 0.5) is 4.79 Å². The number of likely N-dealkylation sites (tertiary alicyclic amines) is 1. The molecule has 1 aliphatic carbocycles. The first kappa shape index (κ1) is 16.3. The molecule has 6 heteroatoms. The van der Waals surface area contributed by atoms with Gasteiger partial charge in [0.05, 0.1) is 6.04 Å². The van der Waals surface area contributed by atoms with E-state index in [-0.39, 0.29) is 12.1 Å². The van der Waals surface area contributed by atoms with Crippen molar-refractivity contribution in [1.29, 1.82) is 0 Å². The number of hydrogen-bond acceptors (Lipinski definition) is 3. The molecule has 1 saturated carbocycles. The van der Waals surface area contributed by atoms with Crippen LogP contribution in [-0.2, 0) is 0 Å². The van der Waals surface area contributed by atoms with Crippen molar-refractivity contribution in [3.05, 3.63) is 12.7 Å². The van der Waals surface area contributed by atoms with Gasteiger partial charge in [-0.2, -0.15) is 5.10 Å². The molecule has 1 aliphatic heterocycles. The topological polar surface area (TPSA) is 63.1 Å². The van der Waals surface area contributed by atoms with E-state index in [0.29, 0.717) is 6.04 Å². The maximum Gasteiger partial charge on any atom is 0.317 e. The van der Waals surface area contributed by atoms with Gasteiger partial charge in [-0.25, -0.2) is 14.5 Å². The molecule has 1 atom stereocenters. The van der Waals surface area contributed by atoms with Crippen LogP contribution < -0.4 is 5.32 Å². The van der Waals surface area contributed by atoms with Crippen molar-refractivity contribution in [2.75, 3.05) is 13.1 Å². The van der Waals surface area contributed by atoms with E-state index >= 15 is 0 Å². The van der Waals surface area contributed by atoms with Gasteiger partial charge in [0.25, 0.3) is 0 Å². The smallest absolute Gasteiger partial charge is 0.317 e. The number of rotatable bonds is 3. The van der Waals surface area contributed by atoms with E-state index in [1.807, 2.05) is 9.58 Å². The molecule has 0 bridgehead atoms. The van der Waals surface area contributed by atoms with Gasteiger partial charge in [-0.3, -0.25) is 0 Å². The fraction of sp³-hybridized carbons (Fsp3) is 0.824. The highest BCUT2D eigenvalue weighted by molar-refractivity contribution is 5.74. The Morgan fingerprint density at radius 1 is 1.22 bits per heavy atom. The number of urea groups is 1. The van der Waals surface area contributed by atoms with Crippen LogP contribution in [0.15, 0.2) is 12.7 Å². The van der Waals surface area contributed by atoms with E-state index in [9.17, 15) is 4.79 Å². The van der Waals surface area contributed by atoms with Gasteiger partial charge >= 0.3 is 6.03 Å². The second-order valence-electron chi connectivity index (χ2n) is 7.42. The van der Waals surface area contributed by atoms with Crippen LogP contribution in [0.2, 0.25) is 0 Å². The predicted octanol–water partition coefficient (Wildman–Crippen LogP) is 2.84. The minimum Gasteiger partial charge on any atom is -0.335 e. The van der Waals surface area contributed by atoms with Crippen molar-refractivity contribution in [2.45, 2.75) is 64.5 Å². The fourth-order valence-corrected chi connectivity index (χ4v) is 3.96. The molecule has 1 aromatic rings. The lowest BCUT2D eigenvalue weighted by atomic mass is 9.80. The summed E-state index contributed by atoms with van der Waals surface area (Å²) in [6, 6.07) is 0.709. The second kappa shape index (κ2) is 7.32. The van der Waals surface area contributed by atoms with Crippen LogP contribution in [0, 0.1) is 11.8 Å². The maximum atomic E-state index is 12.6. The largest absolute Gasteiger partial charge is 0.335 e. The molecule has 128 valence electrons. The van der Waals surface area contributed by atoms with Crippen LogP contribution >= 0.6 is 0 Å².